The lowest BCUT2D eigenvalue weighted by atomic mass is 9.87. The van der Waals surface area contributed by atoms with Crippen molar-refractivity contribution < 1.29 is 19.1 Å². The molecule has 5 aromatic carbocycles. The molecule has 0 heterocycles. The Morgan fingerprint density at radius 1 is 0.605 bits per heavy atom. The van der Waals surface area contributed by atoms with Gasteiger partial charge < -0.3 is 9.47 Å². The number of fused-ring (bicyclic) bond motifs is 2. The van der Waals surface area contributed by atoms with Crippen molar-refractivity contribution in [2.75, 3.05) is 0 Å². The van der Waals surface area contributed by atoms with E-state index in [1.54, 1.807) is 0 Å². The van der Waals surface area contributed by atoms with E-state index in [-0.39, 0.29) is 25.2 Å². The molecule has 0 aliphatic carbocycles. The molecular formula is C34H36O4. The predicted molar refractivity (Wildman–Crippen MR) is 156 cm³/mol. The first kappa shape index (κ1) is 26.0. The van der Waals surface area contributed by atoms with Crippen LogP contribution in [0.3, 0.4) is 0 Å². The van der Waals surface area contributed by atoms with E-state index in [0.29, 0.717) is 12.8 Å². The van der Waals surface area contributed by atoms with Crippen molar-refractivity contribution in [3.63, 3.8) is 0 Å². The Balaban J connectivity index is 1.52. The van der Waals surface area contributed by atoms with Gasteiger partial charge in [0.05, 0.1) is 0 Å². The molecule has 0 amide bonds. The molecule has 0 aliphatic heterocycles. The molecule has 0 aromatic heterocycles. The van der Waals surface area contributed by atoms with Gasteiger partial charge in [-0.15, -0.1) is 0 Å². The number of carbonyl (C=O) groups is 2. The monoisotopic (exact) mass is 508 g/mol. The Labute approximate surface area is 224 Å². The summed E-state index contributed by atoms with van der Waals surface area (Å²) in [6.45, 7) is 4.80. The molecule has 4 nitrogen and oxygen atoms in total. The number of unbranched alkanes of at least 4 members (excludes halogenated alkanes) is 4. The molecule has 5 rings (SSSR count). The second kappa shape index (κ2) is 11.8. The Hall–Kier alpha value is -3.66. The van der Waals surface area contributed by atoms with E-state index in [4.69, 9.17) is 9.47 Å². The van der Waals surface area contributed by atoms with E-state index < -0.39 is 0 Å². The van der Waals surface area contributed by atoms with Gasteiger partial charge in [0, 0.05) is 12.8 Å². The third kappa shape index (κ3) is 5.31. The summed E-state index contributed by atoms with van der Waals surface area (Å²) in [5, 5.41) is 9.37. The third-order valence-corrected chi connectivity index (χ3v) is 7.51. The minimum atomic E-state index is -0.137. The first-order valence-corrected chi connectivity index (χ1v) is 14.0. The average molecular weight is 509 g/mol. The van der Waals surface area contributed by atoms with Crippen LogP contribution in [0.25, 0.3) is 43.1 Å². The normalized spacial score (nSPS) is 11.6. The maximum Gasteiger partial charge on any atom is 0.306 e. The number of esters is 2. The smallest absolute Gasteiger partial charge is 0.306 e. The van der Waals surface area contributed by atoms with Gasteiger partial charge in [-0.25, -0.2) is 0 Å². The van der Waals surface area contributed by atoms with Crippen LogP contribution in [0.2, 0.25) is 0 Å². The second-order valence-corrected chi connectivity index (χ2v) is 10.3. The number of hydrogen-bond donors (Lipinski definition) is 0. The minimum absolute atomic E-state index is 0.136. The molecule has 38 heavy (non-hydrogen) atoms. The highest BCUT2D eigenvalue weighted by Gasteiger charge is 2.16. The quantitative estimate of drug-likeness (QED) is 0.0730. The zero-order chi connectivity index (χ0) is 26.5. The molecule has 0 unspecified atom stereocenters. The van der Waals surface area contributed by atoms with E-state index in [2.05, 4.69) is 74.5 Å². The fourth-order valence-corrected chi connectivity index (χ4v) is 5.56. The van der Waals surface area contributed by atoms with Gasteiger partial charge in [-0.3, -0.25) is 9.59 Å². The second-order valence-electron chi connectivity index (χ2n) is 10.3. The van der Waals surface area contributed by atoms with Gasteiger partial charge in [-0.05, 0) is 79.2 Å². The maximum absolute atomic E-state index is 12.3. The van der Waals surface area contributed by atoms with E-state index in [1.807, 2.05) is 0 Å². The summed E-state index contributed by atoms with van der Waals surface area (Å²) in [5.41, 5.74) is 2.01. The summed E-state index contributed by atoms with van der Waals surface area (Å²) in [7, 11) is 0. The minimum Gasteiger partial charge on any atom is -0.461 e. The van der Waals surface area contributed by atoms with Crippen molar-refractivity contribution in [1.82, 2.24) is 0 Å². The standard InChI is InChI=1S/C34H36O4/c1-3-5-7-15-31(35)37-21-23-19-24-11-9-13-27-29-18-17-25(22-38-32(36)16-8-6-4-2)26-12-10-14-28(34(26)29)30(20-23)33(24)27/h9-14,17-20H,3-8,15-16,21-22H2,1-2H3. The van der Waals surface area contributed by atoms with Crippen molar-refractivity contribution in [2.24, 2.45) is 0 Å². The van der Waals surface area contributed by atoms with Gasteiger partial charge in [-0.1, -0.05) is 88.1 Å². The van der Waals surface area contributed by atoms with Crippen LogP contribution in [0, 0.1) is 0 Å². The molecule has 0 aliphatic rings. The molecule has 0 saturated carbocycles. The molecule has 0 spiro atoms. The number of ether oxygens (including phenoxy) is 2. The van der Waals surface area contributed by atoms with Crippen molar-refractivity contribution in [2.45, 2.75) is 78.4 Å². The largest absolute Gasteiger partial charge is 0.461 e. The first-order chi connectivity index (χ1) is 18.6. The predicted octanol–water partition coefficient (Wildman–Crippen LogP) is 8.98. The fourth-order valence-electron chi connectivity index (χ4n) is 5.56. The van der Waals surface area contributed by atoms with Crippen LogP contribution in [0.1, 0.15) is 76.3 Å². The molecule has 4 heteroatoms. The average Bonchev–Trinajstić information content (AvgIpc) is 2.93. The van der Waals surface area contributed by atoms with Gasteiger partial charge in [0.25, 0.3) is 0 Å². The van der Waals surface area contributed by atoms with Crippen LogP contribution in [0.4, 0.5) is 0 Å². The van der Waals surface area contributed by atoms with Crippen molar-refractivity contribution >= 4 is 55.0 Å². The van der Waals surface area contributed by atoms with Gasteiger partial charge in [-0.2, -0.15) is 0 Å². The molecule has 0 radical (unpaired) electrons. The van der Waals surface area contributed by atoms with Crippen LogP contribution in [-0.4, -0.2) is 11.9 Å². The summed E-state index contributed by atoms with van der Waals surface area (Å²) >= 11 is 0. The van der Waals surface area contributed by atoms with Crippen LogP contribution in [-0.2, 0) is 32.3 Å². The fraction of sp³-hybridized carbons (Fsp3) is 0.353. The van der Waals surface area contributed by atoms with E-state index in [9.17, 15) is 9.59 Å². The maximum atomic E-state index is 12.3. The Morgan fingerprint density at radius 2 is 1.21 bits per heavy atom. The number of hydrogen-bond acceptors (Lipinski definition) is 4. The molecule has 196 valence electrons. The summed E-state index contributed by atoms with van der Waals surface area (Å²) < 4.78 is 11.3. The van der Waals surface area contributed by atoms with E-state index >= 15 is 0 Å². The van der Waals surface area contributed by atoms with Gasteiger partial charge >= 0.3 is 11.9 Å². The van der Waals surface area contributed by atoms with Crippen molar-refractivity contribution in [3.05, 3.63) is 71.8 Å². The lowest BCUT2D eigenvalue weighted by Crippen LogP contribution is -2.05. The third-order valence-electron chi connectivity index (χ3n) is 7.51. The highest BCUT2D eigenvalue weighted by Crippen LogP contribution is 2.41. The summed E-state index contributed by atoms with van der Waals surface area (Å²) in [5.74, 6) is -0.273. The molecule has 0 saturated heterocycles. The zero-order valence-electron chi connectivity index (χ0n) is 22.5. The van der Waals surface area contributed by atoms with Gasteiger partial charge in [0.15, 0.2) is 0 Å². The number of rotatable bonds is 12. The van der Waals surface area contributed by atoms with E-state index in [1.165, 1.54) is 21.5 Å². The van der Waals surface area contributed by atoms with Gasteiger partial charge in [0.2, 0.25) is 0 Å². The lowest BCUT2D eigenvalue weighted by molar-refractivity contribution is -0.146. The molecular weight excluding hydrogens is 472 g/mol. The highest BCUT2D eigenvalue weighted by molar-refractivity contribution is 6.33. The molecule has 0 fully saturated rings. The molecule has 0 N–H and O–H groups in total. The van der Waals surface area contributed by atoms with E-state index in [0.717, 1.165) is 71.2 Å². The zero-order valence-corrected chi connectivity index (χ0v) is 22.5. The topological polar surface area (TPSA) is 52.6 Å². The van der Waals surface area contributed by atoms with Crippen molar-refractivity contribution in [1.29, 1.82) is 0 Å². The molecule has 0 bridgehead atoms. The Morgan fingerprint density at radius 3 is 1.92 bits per heavy atom. The Bertz CT molecular complexity index is 1580. The van der Waals surface area contributed by atoms with Crippen LogP contribution >= 0.6 is 0 Å². The Kier molecular flexibility index (Phi) is 8.07. The highest BCUT2D eigenvalue weighted by atomic mass is 16.5. The number of benzene rings is 5. The molecule has 5 aromatic rings. The number of carbonyl (C=O) groups excluding carboxylic acids is 2. The van der Waals surface area contributed by atoms with Crippen LogP contribution < -0.4 is 0 Å². The van der Waals surface area contributed by atoms with Crippen LogP contribution in [0.15, 0.2) is 60.7 Å². The summed E-state index contributed by atoms with van der Waals surface area (Å²) in [6, 6.07) is 21.3. The lowest BCUT2D eigenvalue weighted by Gasteiger charge is -2.17. The van der Waals surface area contributed by atoms with Crippen molar-refractivity contribution in [3.8, 4) is 0 Å². The van der Waals surface area contributed by atoms with Gasteiger partial charge in [0.1, 0.15) is 13.2 Å². The SMILES string of the molecule is CCCCCC(=O)OCc1cc2cccc3c4ccc(COC(=O)CCCCC)c5cccc(c(c1)c23)c54. The van der Waals surface area contributed by atoms with Crippen LogP contribution in [0.5, 0.6) is 0 Å². The molecule has 0 atom stereocenters. The first-order valence-electron chi connectivity index (χ1n) is 14.0. The summed E-state index contributed by atoms with van der Waals surface area (Å²) in [6.07, 6.45) is 6.93. The summed E-state index contributed by atoms with van der Waals surface area (Å²) in [4.78, 5) is 24.5.